The Kier molecular flexibility index (Phi) is 7.13. The van der Waals surface area contributed by atoms with Crippen molar-refractivity contribution in [2.45, 2.75) is 13.5 Å². The quantitative estimate of drug-likeness (QED) is 0.357. The maximum Gasteiger partial charge on any atom is 0.266 e. The molecule has 0 spiro atoms. The maximum atomic E-state index is 12.4. The van der Waals surface area contributed by atoms with Crippen LogP contribution in [0.5, 0.6) is 5.75 Å². The van der Waals surface area contributed by atoms with Gasteiger partial charge in [-0.2, -0.15) is 5.26 Å². The monoisotopic (exact) mass is 436 g/mol. The third-order valence-electron chi connectivity index (χ3n) is 4.34. The van der Waals surface area contributed by atoms with Gasteiger partial charge in [-0.25, -0.2) is 0 Å². The highest BCUT2D eigenvalue weighted by molar-refractivity contribution is 6.31. The SMILES string of the molecule is Cc1ccc(NC(=O)/C(C#N)=C/c2ccc(OCc3ccccc3Cl)cc2)cc1Cl. The van der Waals surface area contributed by atoms with Gasteiger partial charge in [0.15, 0.2) is 0 Å². The van der Waals surface area contributed by atoms with Crippen LogP contribution >= 0.6 is 23.2 Å². The number of hydrogen-bond donors (Lipinski definition) is 1. The topological polar surface area (TPSA) is 62.1 Å². The molecule has 0 saturated carbocycles. The van der Waals surface area contributed by atoms with E-state index in [-0.39, 0.29) is 5.57 Å². The van der Waals surface area contributed by atoms with Gasteiger partial charge in [-0.15, -0.1) is 0 Å². The Labute approximate surface area is 185 Å². The molecule has 0 fully saturated rings. The summed E-state index contributed by atoms with van der Waals surface area (Å²) in [7, 11) is 0. The number of carbonyl (C=O) groups is 1. The van der Waals surface area contributed by atoms with E-state index in [0.29, 0.717) is 33.7 Å². The molecule has 0 bridgehead atoms. The van der Waals surface area contributed by atoms with Crippen molar-refractivity contribution < 1.29 is 9.53 Å². The number of nitriles is 1. The maximum absolute atomic E-state index is 12.4. The minimum absolute atomic E-state index is 0.0172. The number of benzene rings is 3. The minimum atomic E-state index is -0.503. The predicted molar refractivity (Wildman–Crippen MR) is 121 cm³/mol. The van der Waals surface area contributed by atoms with Crippen LogP contribution in [0.3, 0.4) is 0 Å². The second-order valence-electron chi connectivity index (χ2n) is 6.54. The van der Waals surface area contributed by atoms with Gasteiger partial charge in [0, 0.05) is 21.3 Å². The first-order valence-electron chi connectivity index (χ1n) is 9.12. The van der Waals surface area contributed by atoms with Crippen molar-refractivity contribution in [1.29, 1.82) is 5.26 Å². The molecule has 1 amide bonds. The number of nitrogens with one attached hydrogen (secondary N) is 1. The van der Waals surface area contributed by atoms with Crippen molar-refractivity contribution in [3.8, 4) is 11.8 Å². The first kappa shape index (κ1) is 21.4. The summed E-state index contributed by atoms with van der Waals surface area (Å²) in [5, 5.41) is 13.3. The molecule has 0 aliphatic heterocycles. The standard InChI is InChI=1S/C24H18Cl2N2O2/c1-16-6-9-20(13-23(16)26)28-24(29)19(14-27)12-17-7-10-21(11-8-17)30-15-18-4-2-3-5-22(18)25/h2-13H,15H2,1H3,(H,28,29)/b19-12+. The molecule has 0 saturated heterocycles. The molecule has 3 aromatic carbocycles. The third-order valence-corrected chi connectivity index (χ3v) is 5.11. The van der Waals surface area contributed by atoms with E-state index in [1.54, 1.807) is 42.5 Å². The summed E-state index contributed by atoms with van der Waals surface area (Å²) < 4.78 is 5.74. The number of halogens is 2. The average molecular weight is 437 g/mol. The molecule has 0 atom stereocenters. The van der Waals surface area contributed by atoms with Crippen LogP contribution < -0.4 is 10.1 Å². The number of amides is 1. The zero-order valence-corrected chi connectivity index (χ0v) is 17.7. The number of hydrogen-bond acceptors (Lipinski definition) is 3. The van der Waals surface area contributed by atoms with Gasteiger partial charge in [0.1, 0.15) is 24.0 Å². The summed E-state index contributed by atoms with van der Waals surface area (Å²) in [5.41, 5.74) is 3.01. The van der Waals surface area contributed by atoms with Gasteiger partial charge in [0.05, 0.1) is 0 Å². The third kappa shape index (κ3) is 5.64. The largest absolute Gasteiger partial charge is 0.489 e. The molecule has 0 aromatic heterocycles. The van der Waals surface area contributed by atoms with Crippen molar-refractivity contribution in [3.05, 3.63) is 99.0 Å². The fourth-order valence-electron chi connectivity index (χ4n) is 2.62. The van der Waals surface area contributed by atoms with E-state index in [4.69, 9.17) is 27.9 Å². The van der Waals surface area contributed by atoms with Crippen molar-refractivity contribution in [2.75, 3.05) is 5.32 Å². The molecule has 0 unspecified atom stereocenters. The smallest absolute Gasteiger partial charge is 0.266 e. The number of nitrogens with zero attached hydrogens (tertiary/aromatic N) is 1. The zero-order chi connectivity index (χ0) is 21.5. The number of carbonyl (C=O) groups excluding carboxylic acids is 1. The summed E-state index contributed by atoms with van der Waals surface area (Å²) in [6.07, 6.45) is 1.52. The molecular weight excluding hydrogens is 419 g/mol. The van der Waals surface area contributed by atoms with Gasteiger partial charge in [-0.1, -0.05) is 59.6 Å². The van der Waals surface area contributed by atoms with Crippen molar-refractivity contribution in [3.63, 3.8) is 0 Å². The zero-order valence-electron chi connectivity index (χ0n) is 16.2. The number of aryl methyl sites for hydroxylation is 1. The van der Waals surface area contributed by atoms with E-state index in [1.165, 1.54) is 6.08 Å². The second-order valence-corrected chi connectivity index (χ2v) is 7.35. The molecule has 150 valence electrons. The molecule has 3 aromatic rings. The van der Waals surface area contributed by atoms with Crippen LogP contribution in [-0.4, -0.2) is 5.91 Å². The van der Waals surface area contributed by atoms with Crippen molar-refractivity contribution >= 4 is 40.9 Å². The van der Waals surface area contributed by atoms with E-state index in [0.717, 1.165) is 11.1 Å². The number of anilines is 1. The Morgan fingerprint density at radius 3 is 2.47 bits per heavy atom. The van der Waals surface area contributed by atoms with E-state index in [1.807, 2.05) is 37.3 Å². The Morgan fingerprint density at radius 2 is 1.80 bits per heavy atom. The van der Waals surface area contributed by atoms with Crippen LogP contribution in [-0.2, 0) is 11.4 Å². The highest BCUT2D eigenvalue weighted by Crippen LogP contribution is 2.22. The van der Waals surface area contributed by atoms with Crippen LogP contribution in [0.25, 0.3) is 6.08 Å². The fraction of sp³-hybridized carbons (Fsp3) is 0.0833. The van der Waals surface area contributed by atoms with Gasteiger partial charge >= 0.3 is 0 Å². The van der Waals surface area contributed by atoms with Crippen LogP contribution in [0.2, 0.25) is 10.0 Å². The summed E-state index contributed by atoms with van der Waals surface area (Å²) in [6, 6.07) is 21.7. The minimum Gasteiger partial charge on any atom is -0.489 e. The lowest BCUT2D eigenvalue weighted by Gasteiger charge is -2.08. The van der Waals surface area contributed by atoms with E-state index in [9.17, 15) is 10.1 Å². The van der Waals surface area contributed by atoms with E-state index >= 15 is 0 Å². The van der Waals surface area contributed by atoms with Crippen molar-refractivity contribution in [2.24, 2.45) is 0 Å². The Hall–Kier alpha value is -3.26. The summed E-state index contributed by atoms with van der Waals surface area (Å²) in [4.78, 5) is 12.4. The van der Waals surface area contributed by atoms with Crippen molar-refractivity contribution in [1.82, 2.24) is 0 Å². The van der Waals surface area contributed by atoms with Gasteiger partial charge in [0.2, 0.25) is 0 Å². The normalized spacial score (nSPS) is 10.9. The molecule has 0 aliphatic rings. The predicted octanol–water partition coefficient (Wildman–Crippen LogP) is 6.43. The van der Waals surface area contributed by atoms with Crippen LogP contribution in [0.15, 0.2) is 72.3 Å². The Morgan fingerprint density at radius 1 is 1.07 bits per heavy atom. The lowest BCUT2D eigenvalue weighted by Crippen LogP contribution is -2.13. The molecule has 3 rings (SSSR count). The number of rotatable bonds is 6. The first-order chi connectivity index (χ1) is 14.5. The molecule has 6 heteroatoms. The molecule has 30 heavy (non-hydrogen) atoms. The van der Waals surface area contributed by atoms with E-state index < -0.39 is 5.91 Å². The fourth-order valence-corrected chi connectivity index (χ4v) is 2.99. The Balaban J connectivity index is 1.66. The molecule has 4 nitrogen and oxygen atoms in total. The molecule has 0 heterocycles. The van der Waals surface area contributed by atoms with Crippen LogP contribution in [0.4, 0.5) is 5.69 Å². The van der Waals surface area contributed by atoms with E-state index in [2.05, 4.69) is 5.32 Å². The number of ether oxygens (including phenoxy) is 1. The van der Waals surface area contributed by atoms with Crippen LogP contribution in [0, 0.1) is 18.3 Å². The van der Waals surface area contributed by atoms with Gasteiger partial charge < -0.3 is 10.1 Å². The summed E-state index contributed by atoms with van der Waals surface area (Å²) in [5.74, 6) is 0.154. The van der Waals surface area contributed by atoms with Gasteiger partial charge in [0.25, 0.3) is 5.91 Å². The lowest BCUT2D eigenvalue weighted by atomic mass is 10.1. The summed E-state index contributed by atoms with van der Waals surface area (Å²) >= 11 is 12.2. The molecule has 1 N–H and O–H groups in total. The molecular formula is C24H18Cl2N2O2. The average Bonchev–Trinajstić information content (AvgIpc) is 2.75. The highest BCUT2D eigenvalue weighted by atomic mass is 35.5. The van der Waals surface area contributed by atoms with Crippen LogP contribution in [0.1, 0.15) is 16.7 Å². The summed E-state index contributed by atoms with van der Waals surface area (Å²) in [6.45, 7) is 2.22. The lowest BCUT2D eigenvalue weighted by molar-refractivity contribution is -0.112. The Bertz CT molecular complexity index is 1130. The highest BCUT2D eigenvalue weighted by Gasteiger charge is 2.10. The molecule has 0 aliphatic carbocycles. The second kappa shape index (κ2) is 9.98. The first-order valence-corrected chi connectivity index (χ1v) is 9.87. The molecule has 0 radical (unpaired) electrons. The van der Waals surface area contributed by atoms with Gasteiger partial charge in [-0.05, 0) is 54.5 Å². The van der Waals surface area contributed by atoms with Gasteiger partial charge in [-0.3, -0.25) is 4.79 Å².